The minimum atomic E-state index is -0.596. The van der Waals surface area contributed by atoms with Crippen molar-refractivity contribution in [3.05, 3.63) is 77.4 Å². The number of halogens is 2. The van der Waals surface area contributed by atoms with Crippen LogP contribution in [-0.2, 0) is 4.79 Å². The summed E-state index contributed by atoms with van der Waals surface area (Å²) in [5.74, 6) is -1.17. The van der Waals surface area contributed by atoms with Crippen molar-refractivity contribution < 1.29 is 13.6 Å². The van der Waals surface area contributed by atoms with Crippen molar-refractivity contribution >= 4 is 11.5 Å². The molecule has 0 saturated carbocycles. The van der Waals surface area contributed by atoms with Crippen LogP contribution in [-0.4, -0.2) is 23.4 Å². The quantitative estimate of drug-likeness (QED) is 0.817. The molecule has 0 bridgehead atoms. The predicted molar refractivity (Wildman–Crippen MR) is 103 cm³/mol. The van der Waals surface area contributed by atoms with Crippen molar-refractivity contribution in [2.45, 2.75) is 38.3 Å². The van der Waals surface area contributed by atoms with Crippen LogP contribution in [0.1, 0.15) is 43.4 Å². The molecule has 0 aliphatic carbocycles. The smallest absolute Gasteiger partial charge is 0.240 e. The number of benzene rings is 2. The Morgan fingerprint density at radius 1 is 1.22 bits per heavy atom. The third kappa shape index (κ3) is 4.25. The number of nitrogens with two attached hydrogens (primary N) is 1. The van der Waals surface area contributed by atoms with E-state index in [0.717, 1.165) is 30.5 Å². The van der Waals surface area contributed by atoms with Crippen molar-refractivity contribution in [2.24, 2.45) is 5.73 Å². The van der Waals surface area contributed by atoms with Gasteiger partial charge >= 0.3 is 0 Å². The van der Waals surface area contributed by atoms with E-state index in [-0.39, 0.29) is 24.1 Å². The summed E-state index contributed by atoms with van der Waals surface area (Å²) < 4.78 is 27.9. The lowest BCUT2D eigenvalue weighted by Gasteiger charge is -2.28. The maximum Gasteiger partial charge on any atom is 0.240 e. The van der Waals surface area contributed by atoms with Gasteiger partial charge in [0.25, 0.3) is 0 Å². The highest BCUT2D eigenvalue weighted by molar-refractivity contribution is 5.86. The van der Waals surface area contributed by atoms with Gasteiger partial charge in [0.1, 0.15) is 11.6 Å². The van der Waals surface area contributed by atoms with Crippen LogP contribution in [0.4, 0.5) is 8.78 Å². The molecule has 1 aliphatic rings. The van der Waals surface area contributed by atoms with E-state index in [0.29, 0.717) is 12.0 Å². The van der Waals surface area contributed by atoms with Crippen LogP contribution >= 0.6 is 0 Å². The molecule has 2 N–H and O–H groups in total. The van der Waals surface area contributed by atoms with Crippen molar-refractivity contribution in [1.29, 1.82) is 0 Å². The zero-order valence-electron chi connectivity index (χ0n) is 15.4. The summed E-state index contributed by atoms with van der Waals surface area (Å²) in [5.41, 5.74) is 7.81. The molecule has 1 unspecified atom stereocenters. The van der Waals surface area contributed by atoms with Gasteiger partial charge in [0, 0.05) is 12.1 Å². The van der Waals surface area contributed by atoms with E-state index in [1.807, 2.05) is 43.3 Å². The maximum absolute atomic E-state index is 14.3. The lowest BCUT2D eigenvalue weighted by Crippen LogP contribution is -2.43. The van der Waals surface area contributed by atoms with Gasteiger partial charge in [0.15, 0.2) is 0 Å². The van der Waals surface area contributed by atoms with E-state index in [4.69, 9.17) is 5.73 Å². The molecule has 0 radical (unpaired) electrons. The molecule has 0 spiro atoms. The van der Waals surface area contributed by atoms with Crippen LogP contribution in [0.2, 0.25) is 0 Å². The molecule has 2 aromatic rings. The third-order valence-corrected chi connectivity index (χ3v) is 4.92. The number of carbonyl (C=O) groups excluding carboxylic acids is 1. The molecular formula is C22H24F2N2O. The lowest BCUT2D eigenvalue weighted by molar-refractivity contribution is -0.133. The van der Waals surface area contributed by atoms with Crippen LogP contribution in [0.5, 0.6) is 0 Å². The molecule has 0 fully saturated rings. The number of hydrogen-bond donors (Lipinski definition) is 1. The Bertz CT molecular complexity index is 835. The van der Waals surface area contributed by atoms with Gasteiger partial charge in [-0.2, -0.15) is 0 Å². The highest BCUT2D eigenvalue weighted by atomic mass is 19.1. The molecule has 1 amide bonds. The second-order valence-corrected chi connectivity index (χ2v) is 6.89. The molecule has 3 nitrogen and oxygen atoms in total. The van der Waals surface area contributed by atoms with Gasteiger partial charge < -0.3 is 10.6 Å². The summed E-state index contributed by atoms with van der Waals surface area (Å²) >= 11 is 0. The molecule has 2 atom stereocenters. The molecule has 0 saturated heterocycles. The highest BCUT2D eigenvalue weighted by Gasteiger charge is 2.33. The monoisotopic (exact) mass is 370 g/mol. The van der Waals surface area contributed by atoms with Crippen LogP contribution in [0.15, 0.2) is 54.6 Å². The minimum absolute atomic E-state index is 0.166. The van der Waals surface area contributed by atoms with Gasteiger partial charge in [0.2, 0.25) is 5.91 Å². The van der Waals surface area contributed by atoms with Gasteiger partial charge in [-0.1, -0.05) is 56.2 Å². The summed E-state index contributed by atoms with van der Waals surface area (Å²) in [6.45, 7) is 2.25. The molecule has 27 heavy (non-hydrogen) atoms. The van der Waals surface area contributed by atoms with Crippen LogP contribution < -0.4 is 5.73 Å². The van der Waals surface area contributed by atoms with E-state index in [1.165, 1.54) is 6.07 Å². The van der Waals surface area contributed by atoms with Gasteiger partial charge in [0.05, 0.1) is 12.1 Å². The maximum atomic E-state index is 14.3. The number of carbonyl (C=O) groups is 1. The van der Waals surface area contributed by atoms with Crippen LogP contribution in [0, 0.1) is 11.6 Å². The van der Waals surface area contributed by atoms with Crippen molar-refractivity contribution in [3.8, 4) is 0 Å². The number of hydrogen-bond acceptors (Lipinski definition) is 2. The molecule has 3 rings (SSSR count). The molecule has 5 heteroatoms. The summed E-state index contributed by atoms with van der Waals surface area (Å²) in [6, 6.07) is 12.0. The van der Waals surface area contributed by atoms with Gasteiger partial charge in [-0.3, -0.25) is 4.79 Å². The first-order valence-corrected chi connectivity index (χ1v) is 9.28. The first-order chi connectivity index (χ1) is 13.0. The molecule has 0 aromatic heterocycles. The first kappa shape index (κ1) is 19.2. The van der Waals surface area contributed by atoms with Crippen LogP contribution in [0.25, 0.3) is 5.57 Å². The third-order valence-electron chi connectivity index (χ3n) is 4.92. The Morgan fingerprint density at radius 2 is 1.96 bits per heavy atom. The predicted octanol–water partition coefficient (Wildman–Crippen LogP) is 4.45. The molecule has 1 aliphatic heterocycles. The summed E-state index contributed by atoms with van der Waals surface area (Å²) in [6.07, 6.45) is 4.27. The molecule has 142 valence electrons. The Labute approximate surface area is 158 Å². The van der Waals surface area contributed by atoms with Crippen molar-refractivity contribution in [3.63, 3.8) is 0 Å². The van der Waals surface area contributed by atoms with Gasteiger partial charge in [-0.25, -0.2) is 8.78 Å². The first-order valence-electron chi connectivity index (χ1n) is 9.28. The number of nitrogens with zero attached hydrogens (tertiary/aromatic N) is 1. The Hall–Kier alpha value is -2.53. The van der Waals surface area contributed by atoms with E-state index in [9.17, 15) is 13.6 Å². The zero-order chi connectivity index (χ0) is 19.4. The van der Waals surface area contributed by atoms with E-state index in [1.54, 1.807) is 4.90 Å². The SMILES string of the molecule is CCCC[C@H](N)C(=O)N1CC(c2cc(F)ccc2F)=CC1c1ccccc1. The van der Waals surface area contributed by atoms with Crippen molar-refractivity contribution in [1.82, 2.24) is 4.90 Å². The van der Waals surface area contributed by atoms with E-state index in [2.05, 4.69) is 0 Å². The fourth-order valence-electron chi connectivity index (χ4n) is 3.44. The zero-order valence-corrected chi connectivity index (χ0v) is 15.4. The summed E-state index contributed by atoms with van der Waals surface area (Å²) in [4.78, 5) is 14.6. The summed E-state index contributed by atoms with van der Waals surface area (Å²) in [5, 5.41) is 0. The van der Waals surface area contributed by atoms with E-state index < -0.39 is 17.7 Å². The normalized spacial score (nSPS) is 17.7. The largest absolute Gasteiger partial charge is 0.326 e. The standard InChI is InChI=1S/C22H24F2N2O/c1-2-3-9-20(25)22(27)26-14-16(18-13-17(23)10-11-19(18)24)12-21(26)15-7-5-4-6-8-15/h4-8,10-13,20-21H,2-3,9,14,25H2,1H3/t20-,21?/m0/s1. The van der Waals surface area contributed by atoms with Gasteiger partial charge in [-0.05, 0) is 35.8 Å². The summed E-state index contributed by atoms with van der Waals surface area (Å²) in [7, 11) is 0. The van der Waals surface area contributed by atoms with Crippen molar-refractivity contribution in [2.75, 3.05) is 6.54 Å². The average molecular weight is 370 g/mol. The Balaban J connectivity index is 1.94. The number of amides is 1. The Morgan fingerprint density at radius 3 is 2.67 bits per heavy atom. The molecule has 1 heterocycles. The fourth-order valence-corrected chi connectivity index (χ4v) is 3.44. The number of rotatable bonds is 6. The van der Waals surface area contributed by atoms with E-state index >= 15 is 0 Å². The second-order valence-electron chi connectivity index (χ2n) is 6.89. The second kappa shape index (κ2) is 8.44. The topological polar surface area (TPSA) is 46.3 Å². The van der Waals surface area contributed by atoms with Gasteiger partial charge in [-0.15, -0.1) is 0 Å². The fraction of sp³-hybridized carbons (Fsp3) is 0.318. The number of unbranched alkanes of at least 4 members (excludes halogenated alkanes) is 1. The minimum Gasteiger partial charge on any atom is -0.326 e. The Kier molecular flexibility index (Phi) is 6.01. The average Bonchev–Trinajstić information content (AvgIpc) is 3.13. The lowest BCUT2D eigenvalue weighted by atomic mass is 10.0. The molecule has 2 aromatic carbocycles. The molecular weight excluding hydrogens is 346 g/mol. The van der Waals surface area contributed by atoms with Crippen LogP contribution in [0.3, 0.4) is 0 Å². The highest BCUT2D eigenvalue weighted by Crippen LogP contribution is 2.36.